The summed E-state index contributed by atoms with van der Waals surface area (Å²) in [4.78, 5) is 2.39. The maximum atomic E-state index is 12.6. The van der Waals surface area contributed by atoms with E-state index >= 15 is 0 Å². The van der Waals surface area contributed by atoms with Crippen molar-refractivity contribution in [2.45, 2.75) is 51.5 Å². The second-order valence-electron chi connectivity index (χ2n) is 5.86. The van der Waals surface area contributed by atoms with Crippen LogP contribution < -0.4 is 5.32 Å². The van der Waals surface area contributed by atoms with Crippen LogP contribution in [0.1, 0.15) is 44.4 Å². The van der Waals surface area contributed by atoms with Crippen LogP contribution in [0.2, 0.25) is 0 Å². The smallest absolute Gasteiger partial charge is 0.311 e. The minimum atomic E-state index is -4.27. The Kier molecular flexibility index (Phi) is 4.94. The molecule has 0 aliphatic carbocycles. The molecule has 1 aliphatic heterocycles. The molecule has 1 aromatic rings. The second-order valence-corrected chi connectivity index (χ2v) is 5.86. The third kappa shape index (κ3) is 3.77. The highest BCUT2D eigenvalue weighted by molar-refractivity contribution is 5.26. The molecule has 2 nitrogen and oxygen atoms in total. The van der Waals surface area contributed by atoms with Crippen LogP contribution in [0.4, 0.5) is 13.2 Å². The Bertz CT molecular complexity index is 456. The number of hydrogen-bond donors (Lipinski definition) is 1. The molecule has 118 valence electrons. The van der Waals surface area contributed by atoms with Crippen molar-refractivity contribution in [3.63, 3.8) is 0 Å². The Morgan fingerprint density at radius 1 is 1.29 bits per heavy atom. The Morgan fingerprint density at radius 2 is 1.90 bits per heavy atom. The Labute approximate surface area is 124 Å². The first-order valence-corrected chi connectivity index (χ1v) is 7.49. The van der Waals surface area contributed by atoms with Gasteiger partial charge in [-0.05, 0) is 38.0 Å². The third-order valence-electron chi connectivity index (χ3n) is 4.34. The Hall–Kier alpha value is -1.07. The first kappa shape index (κ1) is 16.3. The van der Waals surface area contributed by atoms with E-state index in [0.717, 1.165) is 25.1 Å². The fourth-order valence-electron chi connectivity index (χ4n) is 2.98. The van der Waals surface area contributed by atoms with Crippen LogP contribution in [0.3, 0.4) is 0 Å². The summed E-state index contributed by atoms with van der Waals surface area (Å²) in [7, 11) is 0. The molecule has 0 bridgehead atoms. The van der Waals surface area contributed by atoms with Crippen molar-refractivity contribution in [1.29, 1.82) is 0 Å². The minimum absolute atomic E-state index is 0.127. The van der Waals surface area contributed by atoms with Crippen molar-refractivity contribution in [2.24, 2.45) is 0 Å². The lowest BCUT2D eigenvalue weighted by Gasteiger charge is -2.42. The summed E-state index contributed by atoms with van der Waals surface area (Å²) >= 11 is 0. The molecule has 0 saturated carbocycles. The lowest BCUT2D eigenvalue weighted by Crippen LogP contribution is -2.55. The number of halogens is 3. The fraction of sp³-hybridized carbons (Fsp3) is 0.625. The van der Waals surface area contributed by atoms with E-state index in [0.29, 0.717) is 12.1 Å². The van der Waals surface area contributed by atoms with Gasteiger partial charge >= 0.3 is 6.18 Å². The molecule has 3 atom stereocenters. The molecule has 1 fully saturated rings. The van der Waals surface area contributed by atoms with Crippen LogP contribution >= 0.6 is 0 Å². The number of benzene rings is 1. The molecule has 1 aliphatic rings. The topological polar surface area (TPSA) is 15.3 Å². The molecule has 2 rings (SSSR count). The maximum Gasteiger partial charge on any atom is 0.416 e. The first-order chi connectivity index (χ1) is 9.82. The second kappa shape index (κ2) is 6.36. The molecule has 1 aromatic carbocycles. The number of rotatable bonds is 3. The average Bonchev–Trinajstić information content (AvgIpc) is 2.45. The third-order valence-corrected chi connectivity index (χ3v) is 4.34. The van der Waals surface area contributed by atoms with Crippen LogP contribution in [0, 0.1) is 0 Å². The summed E-state index contributed by atoms with van der Waals surface area (Å²) in [5.41, 5.74) is 0.356. The predicted molar refractivity (Wildman–Crippen MR) is 78.1 cm³/mol. The molecule has 21 heavy (non-hydrogen) atoms. The highest BCUT2D eigenvalue weighted by Crippen LogP contribution is 2.31. The molecule has 0 radical (unpaired) electrons. The van der Waals surface area contributed by atoms with E-state index in [9.17, 15) is 13.2 Å². The van der Waals surface area contributed by atoms with Crippen LogP contribution in [-0.2, 0) is 6.18 Å². The largest absolute Gasteiger partial charge is 0.416 e. The van der Waals surface area contributed by atoms with Crippen LogP contribution in [0.15, 0.2) is 24.3 Å². The molecule has 0 aromatic heterocycles. The number of piperazine rings is 1. The normalized spacial score (nSPS) is 25.8. The summed E-state index contributed by atoms with van der Waals surface area (Å²) in [5.74, 6) is 0. The molecular weight excluding hydrogens is 277 g/mol. The summed E-state index contributed by atoms with van der Waals surface area (Å²) in [6, 6.07) is 6.53. The lowest BCUT2D eigenvalue weighted by molar-refractivity contribution is -0.137. The minimum Gasteiger partial charge on any atom is -0.311 e. The van der Waals surface area contributed by atoms with E-state index < -0.39 is 11.7 Å². The van der Waals surface area contributed by atoms with Gasteiger partial charge in [0.2, 0.25) is 0 Å². The number of hydrogen-bond acceptors (Lipinski definition) is 2. The molecular formula is C16H23F3N2. The van der Waals surface area contributed by atoms with Crippen LogP contribution in [-0.4, -0.2) is 30.1 Å². The summed E-state index contributed by atoms with van der Waals surface area (Å²) in [6.07, 6.45) is -3.23. The Morgan fingerprint density at radius 3 is 2.43 bits per heavy atom. The van der Waals surface area contributed by atoms with Gasteiger partial charge in [0.05, 0.1) is 5.56 Å². The average molecular weight is 300 g/mol. The summed E-state index contributed by atoms with van der Waals surface area (Å²) < 4.78 is 37.9. The van der Waals surface area contributed by atoms with Crippen molar-refractivity contribution < 1.29 is 13.2 Å². The quantitative estimate of drug-likeness (QED) is 0.912. The van der Waals surface area contributed by atoms with E-state index in [-0.39, 0.29) is 6.04 Å². The monoisotopic (exact) mass is 300 g/mol. The van der Waals surface area contributed by atoms with Crippen LogP contribution in [0.5, 0.6) is 0 Å². The maximum absolute atomic E-state index is 12.6. The van der Waals surface area contributed by atoms with Gasteiger partial charge in [0.25, 0.3) is 0 Å². The molecule has 5 heteroatoms. The number of nitrogens with one attached hydrogen (secondary N) is 1. The number of nitrogens with zero attached hydrogens (tertiary/aromatic N) is 1. The van der Waals surface area contributed by atoms with Gasteiger partial charge in [-0.15, -0.1) is 0 Å². The van der Waals surface area contributed by atoms with Gasteiger partial charge in [-0.25, -0.2) is 0 Å². The molecule has 1 N–H and O–H groups in total. The summed E-state index contributed by atoms with van der Waals surface area (Å²) in [6.45, 7) is 8.21. The van der Waals surface area contributed by atoms with E-state index in [1.54, 1.807) is 12.1 Å². The van der Waals surface area contributed by atoms with E-state index in [2.05, 4.69) is 31.0 Å². The highest BCUT2D eigenvalue weighted by Gasteiger charge is 2.32. The zero-order valence-corrected chi connectivity index (χ0v) is 12.7. The SMILES string of the molecule is CC[C@@H]1CN[C@@H](C)CN1C(C)c1ccc(C(F)(F)F)cc1. The summed E-state index contributed by atoms with van der Waals surface area (Å²) in [5, 5.41) is 3.46. The van der Waals surface area contributed by atoms with E-state index in [1.165, 1.54) is 12.1 Å². The van der Waals surface area contributed by atoms with Gasteiger partial charge in [-0.3, -0.25) is 4.90 Å². The lowest BCUT2D eigenvalue weighted by atomic mass is 9.99. The zero-order chi connectivity index (χ0) is 15.6. The first-order valence-electron chi connectivity index (χ1n) is 7.49. The van der Waals surface area contributed by atoms with Crippen molar-refractivity contribution in [2.75, 3.05) is 13.1 Å². The van der Waals surface area contributed by atoms with Gasteiger partial charge in [-0.1, -0.05) is 19.1 Å². The van der Waals surface area contributed by atoms with Gasteiger partial charge in [0.15, 0.2) is 0 Å². The van der Waals surface area contributed by atoms with Gasteiger partial charge in [0.1, 0.15) is 0 Å². The van der Waals surface area contributed by atoms with E-state index in [4.69, 9.17) is 0 Å². The predicted octanol–water partition coefficient (Wildman–Crippen LogP) is 3.84. The molecule has 1 heterocycles. The van der Waals surface area contributed by atoms with Crippen molar-refractivity contribution in [3.8, 4) is 0 Å². The number of alkyl halides is 3. The van der Waals surface area contributed by atoms with Crippen LogP contribution in [0.25, 0.3) is 0 Å². The zero-order valence-electron chi connectivity index (χ0n) is 12.7. The van der Waals surface area contributed by atoms with Gasteiger partial charge in [-0.2, -0.15) is 13.2 Å². The van der Waals surface area contributed by atoms with Gasteiger partial charge < -0.3 is 5.32 Å². The van der Waals surface area contributed by atoms with Crippen molar-refractivity contribution in [3.05, 3.63) is 35.4 Å². The fourth-order valence-corrected chi connectivity index (χ4v) is 2.98. The molecule has 0 spiro atoms. The molecule has 0 amide bonds. The van der Waals surface area contributed by atoms with E-state index in [1.807, 2.05) is 0 Å². The van der Waals surface area contributed by atoms with Crippen molar-refractivity contribution in [1.82, 2.24) is 10.2 Å². The molecule has 1 saturated heterocycles. The standard InChI is InChI=1S/C16H23F3N2/c1-4-15-9-20-11(2)10-21(15)12(3)13-5-7-14(8-6-13)16(17,18)19/h5-8,11-12,15,20H,4,9-10H2,1-3H3/t11-,12?,15+/m0/s1. The van der Waals surface area contributed by atoms with Crippen molar-refractivity contribution >= 4 is 0 Å². The Balaban J connectivity index is 2.16. The highest BCUT2D eigenvalue weighted by atomic mass is 19.4. The van der Waals surface area contributed by atoms with Gasteiger partial charge in [0, 0.05) is 31.2 Å². The molecule has 1 unspecified atom stereocenters.